The van der Waals surface area contributed by atoms with Crippen LogP contribution < -0.4 is 4.74 Å². The third kappa shape index (κ3) is 4.87. The van der Waals surface area contributed by atoms with Gasteiger partial charge < -0.3 is 9.47 Å². The van der Waals surface area contributed by atoms with Crippen molar-refractivity contribution in [1.29, 1.82) is 0 Å². The smallest absolute Gasteiger partial charge is 0.330 e. The molecule has 3 nitrogen and oxygen atoms in total. The van der Waals surface area contributed by atoms with E-state index in [1.807, 2.05) is 0 Å². The van der Waals surface area contributed by atoms with Crippen LogP contribution in [0.4, 0.5) is 4.39 Å². The number of hydrogen-bond donors (Lipinski definition) is 0. The molecule has 0 heterocycles. The molecule has 0 bridgehead atoms. The van der Waals surface area contributed by atoms with Crippen molar-refractivity contribution in [3.63, 3.8) is 0 Å². The number of ether oxygens (including phenoxy) is 2. The summed E-state index contributed by atoms with van der Waals surface area (Å²) in [7, 11) is 0. The second kappa shape index (κ2) is 6.91. The second-order valence-corrected chi connectivity index (χ2v) is 3.45. The van der Waals surface area contributed by atoms with E-state index < -0.39 is 11.8 Å². The van der Waals surface area contributed by atoms with Crippen molar-refractivity contribution in [2.24, 2.45) is 0 Å². The first-order valence-corrected chi connectivity index (χ1v) is 5.42. The zero-order valence-corrected chi connectivity index (χ0v) is 10.0. The van der Waals surface area contributed by atoms with Crippen molar-refractivity contribution in [2.45, 2.75) is 6.92 Å². The third-order valence-electron chi connectivity index (χ3n) is 1.78. The molecule has 92 valence electrons. The maximum atomic E-state index is 12.8. The van der Waals surface area contributed by atoms with Gasteiger partial charge in [0.25, 0.3) is 0 Å². The largest absolute Gasteiger partial charge is 0.489 e. The summed E-state index contributed by atoms with van der Waals surface area (Å²) < 4.78 is 22.7. The Hall–Kier alpha value is -1.55. The van der Waals surface area contributed by atoms with E-state index in [1.54, 1.807) is 6.92 Å². The van der Waals surface area contributed by atoms with Crippen molar-refractivity contribution in [2.75, 3.05) is 13.2 Å². The minimum absolute atomic E-state index is 0.00290. The normalized spacial score (nSPS) is 10.5. The number of carbonyl (C=O) groups is 1. The molecule has 0 spiro atoms. The maximum absolute atomic E-state index is 12.8. The molecule has 17 heavy (non-hydrogen) atoms. The Bertz CT molecular complexity index is 418. The van der Waals surface area contributed by atoms with Crippen LogP contribution in [0.15, 0.2) is 30.4 Å². The number of benzene rings is 1. The highest BCUT2D eigenvalue weighted by atomic mass is 35.5. The van der Waals surface area contributed by atoms with Gasteiger partial charge >= 0.3 is 5.97 Å². The van der Waals surface area contributed by atoms with Crippen LogP contribution in [-0.4, -0.2) is 19.2 Å². The molecule has 0 saturated carbocycles. The van der Waals surface area contributed by atoms with E-state index in [0.29, 0.717) is 12.4 Å². The van der Waals surface area contributed by atoms with Crippen LogP contribution in [0.25, 0.3) is 0 Å². The molecule has 0 fully saturated rings. The number of carbonyl (C=O) groups excluding carboxylic acids is 1. The van der Waals surface area contributed by atoms with E-state index in [1.165, 1.54) is 30.4 Å². The molecular weight excluding hydrogens is 247 g/mol. The molecule has 1 aromatic rings. The molecule has 0 unspecified atom stereocenters. The average Bonchev–Trinajstić information content (AvgIpc) is 2.29. The summed E-state index contributed by atoms with van der Waals surface area (Å²) in [5.74, 6) is -0.487. The van der Waals surface area contributed by atoms with Crippen LogP contribution in [0.3, 0.4) is 0 Å². The van der Waals surface area contributed by atoms with Gasteiger partial charge in [0.15, 0.2) is 0 Å². The minimum Gasteiger partial charge on any atom is -0.489 e. The monoisotopic (exact) mass is 258 g/mol. The van der Waals surface area contributed by atoms with Gasteiger partial charge in [0.05, 0.1) is 11.6 Å². The SMILES string of the molecule is CCOC(=O)/C=C/COc1ccc(F)c(Cl)c1. The van der Waals surface area contributed by atoms with Gasteiger partial charge in [-0.25, -0.2) is 9.18 Å². The highest BCUT2D eigenvalue weighted by Crippen LogP contribution is 2.20. The predicted molar refractivity (Wildman–Crippen MR) is 62.7 cm³/mol. The van der Waals surface area contributed by atoms with Crippen LogP contribution in [-0.2, 0) is 9.53 Å². The summed E-state index contributed by atoms with van der Waals surface area (Å²) in [5, 5.41) is -0.00290. The highest BCUT2D eigenvalue weighted by Gasteiger charge is 2.00. The molecule has 5 heteroatoms. The first-order chi connectivity index (χ1) is 8.13. The quantitative estimate of drug-likeness (QED) is 0.602. The van der Waals surface area contributed by atoms with Gasteiger partial charge in [-0.15, -0.1) is 0 Å². The zero-order chi connectivity index (χ0) is 12.7. The van der Waals surface area contributed by atoms with Crippen molar-refractivity contribution in [3.05, 3.63) is 41.2 Å². The van der Waals surface area contributed by atoms with Gasteiger partial charge in [-0.1, -0.05) is 11.6 Å². The summed E-state index contributed by atoms with van der Waals surface area (Å²) in [6.45, 7) is 2.24. The lowest BCUT2D eigenvalue weighted by atomic mass is 10.3. The third-order valence-corrected chi connectivity index (χ3v) is 2.07. The molecule has 1 aromatic carbocycles. The molecular formula is C12H12ClFO3. The molecule has 0 aliphatic rings. The first-order valence-electron chi connectivity index (χ1n) is 5.04. The van der Waals surface area contributed by atoms with Crippen molar-refractivity contribution >= 4 is 17.6 Å². The fourth-order valence-electron chi connectivity index (χ4n) is 1.05. The lowest BCUT2D eigenvalue weighted by molar-refractivity contribution is -0.137. The molecule has 0 amide bonds. The van der Waals surface area contributed by atoms with Crippen LogP contribution in [0.1, 0.15) is 6.92 Å². The van der Waals surface area contributed by atoms with E-state index in [-0.39, 0.29) is 11.6 Å². The number of esters is 1. The van der Waals surface area contributed by atoms with E-state index in [0.717, 1.165) is 0 Å². The van der Waals surface area contributed by atoms with Crippen LogP contribution in [0.2, 0.25) is 5.02 Å². The zero-order valence-electron chi connectivity index (χ0n) is 9.28. The van der Waals surface area contributed by atoms with E-state index >= 15 is 0 Å². The van der Waals surface area contributed by atoms with E-state index in [4.69, 9.17) is 16.3 Å². The fourth-order valence-corrected chi connectivity index (χ4v) is 1.22. The Kier molecular flexibility index (Phi) is 5.49. The molecule has 1 rings (SSSR count). The molecule has 0 saturated heterocycles. The average molecular weight is 259 g/mol. The van der Waals surface area contributed by atoms with Crippen molar-refractivity contribution in [1.82, 2.24) is 0 Å². The van der Waals surface area contributed by atoms with E-state index in [9.17, 15) is 9.18 Å². The van der Waals surface area contributed by atoms with Gasteiger partial charge in [0.2, 0.25) is 0 Å². The lowest BCUT2D eigenvalue weighted by Crippen LogP contribution is -2.01. The molecule has 0 aliphatic heterocycles. The molecule has 0 N–H and O–H groups in total. The number of halogens is 2. The molecule has 0 atom stereocenters. The van der Waals surface area contributed by atoms with Gasteiger partial charge in [0.1, 0.15) is 18.2 Å². The summed E-state index contributed by atoms with van der Waals surface area (Å²) in [6.07, 6.45) is 2.78. The summed E-state index contributed by atoms with van der Waals surface area (Å²) >= 11 is 5.57. The minimum atomic E-state index is -0.499. The Morgan fingerprint density at radius 2 is 2.29 bits per heavy atom. The Morgan fingerprint density at radius 1 is 1.53 bits per heavy atom. The molecule has 0 aliphatic carbocycles. The molecule has 0 aromatic heterocycles. The lowest BCUT2D eigenvalue weighted by Gasteiger charge is -2.03. The Morgan fingerprint density at radius 3 is 2.94 bits per heavy atom. The van der Waals surface area contributed by atoms with Gasteiger partial charge in [-0.3, -0.25) is 0 Å². The molecule has 0 radical (unpaired) electrons. The van der Waals surface area contributed by atoms with Gasteiger partial charge in [-0.05, 0) is 25.1 Å². The predicted octanol–water partition coefficient (Wildman–Crippen LogP) is 2.98. The number of rotatable bonds is 5. The van der Waals surface area contributed by atoms with Crippen LogP contribution in [0.5, 0.6) is 5.75 Å². The summed E-state index contributed by atoms with van der Waals surface area (Å²) in [5.41, 5.74) is 0. The van der Waals surface area contributed by atoms with E-state index in [2.05, 4.69) is 4.74 Å². The topological polar surface area (TPSA) is 35.5 Å². The van der Waals surface area contributed by atoms with Crippen LogP contribution >= 0.6 is 11.6 Å². The summed E-state index contributed by atoms with van der Waals surface area (Å²) in [4.78, 5) is 10.9. The number of hydrogen-bond acceptors (Lipinski definition) is 3. The van der Waals surface area contributed by atoms with Crippen molar-refractivity contribution < 1.29 is 18.7 Å². The Labute approximate surface area is 104 Å². The Balaban J connectivity index is 2.40. The standard InChI is InChI=1S/C12H12ClFO3/c1-2-16-12(15)4-3-7-17-9-5-6-11(14)10(13)8-9/h3-6,8H,2,7H2,1H3/b4-3+. The first kappa shape index (κ1) is 13.5. The summed E-state index contributed by atoms with van der Waals surface area (Å²) in [6, 6.07) is 4.04. The maximum Gasteiger partial charge on any atom is 0.330 e. The highest BCUT2D eigenvalue weighted by molar-refractivity contribution is 6.30. The fraction of sp³-hybridized carbons (Fsp3) is 0.250. The van der Waals surface area contributed by atoms with Crippen molar-refractivity contribution in [3.8, 4) is 5.75 Å². The van der Waals surface area contributed by atoms with Crippen LogP contribution in [0, 0.1) is 5.82 Å². The van der Waals surface area contributed by atoms with Gasteiger partial charge in [0, 0.05) is 12.1 Å². The van der Waals surface area contributed by atoms with Gasteiger partial charge in [-0.2, -0.15) is 0 Å². The second-order valence-electron chi connectivity index (χ2n) is 3.04.